The van der Waals surface area contributed by atoms with Crippen LogP contribution in [0.3, 0.4) is 0 Å². The monoisotopic (exact) mass is 954 g/mol. The van der Waals surface area contributed by atoms with E-state index in [0.717, 1.165) is 62.5 Å². The van der Waals surface area contributed by atoms with Crippen LogP contribution in [0.15, 0.2) is 133 Å². The molecule has 52 heavy (non-hydrogen) atoms. The molecule has 6 nitrogen and oxygen atoms in total. The Morgan fingerprint density at radius 3 is 0.885 bits per heavy atom. The van der Waals surface area contributed by atoms with Crippen molar-refractivity contribution in [2.75, 3.05) is 0 Å². The van der Waals surface area contributed by atoms with Crippen LogP contribution in [0.1, 0.15) is 83.1 Å². The lowest BCUT2D eigenvalue weighted by Gasteiger charge is -2.31. The highest BCUT2D eigenvalue weighted by molar-refractivity contribution is 9.11. The average molecular weight is 958 g/mol. The van der Waals surface area contributed by atoms with Gasteiger partial charge in [-0.3, -0.25) is 9.59 Å². The molecule has 2 aromatic carbocycles. The molecule has 0 aromatic heterocycles. The number of carbonyl (C=O) groups is 2. The Labute approximate surface area is 342 Å². The molecule has 4 rings (SSSR count). The first-order valence-corrected chi connectivity index (χ1v) is 20.1. The summed E-state index contributed by atoms with van der Waals surface area (Å²) in [6.45, 7) is 24.6. The van der Waals surface area contributed by atoms with Crippen molar-refractivity contribution in [2.24, 2.45) is 42.1 Å². The van der Waals surface area contributed by atoms with E-state index in [0.29, 0.717) is 11.4 Å². The summed E-state index contributed by atoms with van der Waals surface area (Å²) in [5, 5.41) is 17.9. The maximum absolute atomic E-state index is 13.3. The van der Waals surface area contributed by atoms with Gasteiger partial charge in [0.25, 0.3) is 0 Å². The van der Waals surface area contributed by atoms with Gasteiger partial charge in [0.15, 0.2) is 11.6 Å². The van der Waals surface area contributed by atoms with Crippen molar-refractivity contribution in [1.29, 1.82) is 0 Å². The lowest BCUT2D eigenvalue weighted by Crippen LogP contribution is -2.27. The van der Waals surface area contributed by atoms with Gasteiger partial charge < -0.3 is 0 Å². The van der Waals surface area contributed by atoms with Gasteiger partial charge in [0.05, 0.1) is 12.4 Å². The normalized spacial score (nSPS) is 16.4. The van der Waals surface area contributed by atoms with Crippen molar-refractivity contribution < 1.29 is 9.59 Å². The molecule has 274 valence electrons. The fraction of sp³-hybridized carbons (Fsp3) is 0.381. The minimum absolute atomic E-state index is 0.0827. The van der Waals surface area contributed by atoms with Crippen LogP contribution in [0.25, 0.3) is 11.1 Å². The lowest BCUT2D eigenvalue weighted by atomic mass is 9.72. The summed E-state index contributed by atoms with van der Waals surface area (Å²) in [4.78, 5) is 26.6. The summed E-state index contributed by atoms with van der Waals surface area (Å²) in [5.41, 5.74) is 6.65. The number of hydrogen-bond donors (Lipinski definition) is 0. The summed E-state index contributed by atoms with van der Waals surface area (Å²) < 4.78 is 3.03. The van der Waals surface area contributed by atoms with Crippen molar-refractivity contribution in [1.82, 2.24) is 0 Å². The second-order valence-corrected chi connectivity index (χ2v) is 20.6. The van der Waals surface area contributed by atoms with E-state index in [1.54, 1.807) is 12.4 Å². The van der Waals surface area contributed by atoms with Crippen LogP contribution < -0.4 is 0 Å². The van der Waals surface area contributed by atoms with E-state index in [2.05, 4.69) is 84.2 Å². The molecule has 0 radical (unpaired) electrons. The third-order valence-electron chi connectivity index (χ3n) is 8.55. The molecule has 0 amide bonds. The number of allylic oxidation sites excluding steroid dienone is 10. The molecule has 10 heteroatoms. The van der Waals surface area contributed by atoms with Crippen LogP contribution in [0.2, 0.25) is 0 Å². The average Bonchev–Trinajstić information content (AvgIpc) is 2.98. The van der Waals surface area contributed by atoms with Crippen molar-refractivity contribution in [3.63, 3.8) is 0 Å². The second kappa shape index (κ2) is 15.6. The predicted molar refractivity (Wildman–Crippen MR) is 228 cm³/mol. The molecule has 0 saturated carbocycles. The first-order chi connectivity index (χ1) is 23.8. The van der Waals surface area contributed by atoms with Crippen LogP contribution in [-0.2, 0) is 9.59 Å². The topological polar surface area (TPSA) is 83.6 Å². The first-order valence-electron chi connectivity index (χ1n) is 17.0. The number of azo groups is 2. The Morgan fingerprint density at radius 2 is 0.673 bits per heavy atom. The Balaban J connectivity index is 1.63. The van der Waals surface area contributed by atoms with Crippen molar-refractivity contribution in [2.45, 2.75) is 83.1 Å². The van der Waals surface area contributed by atoms with Crippen LogP contribution in [0.5, 0.6) is 0 Å². The Kier molecular flexibility index (Phi) is 12.6. The zero-order chi connectivity index (χ0) is 39.1. The summed E-state index contributed by atoms with van der Waals surface area (Å²) >= 11 is 14.8. The van der Waals surface area contributed by atoms with Crippen LogP contribution in [-0.4, -0.2) is 11.6 Å². The predicted octanol–water partition coefficient (Wildman–Crippen LogP) is 15.4. The van der Waals surface area contributed by atoms with E-state index in [1.807, 2.05) is 132 Å². The molecule has 0 aliphatic heterocycles. The third-order valence-corrected chi connectivity index (χ3v) is 11.0. The number of nitrogens with zero attached hydrogens (tertiary/aromatic N) is 4. The molecule has 0 bridgehead atoms. The maximum Gasteiger partial charge on any atom is 0.186 e. The Bertz CT molecular complexity index is 1810. The molecule has 0 N–H and O–H groups in total. The molecule has 0 fully saturated rings. The highest BCUT2D eigenvalue weighted by Gasteiger charge is 2.35. The fourth-order valence-corrected chi connectivity index (χ4v) is 8.33. The van der Waals surface area contributed by atoms with Gasteiger partial charge in [-0.15, -0.1) is 10.2 Å². The summed E-state index contributed by atoms with van der Waals surface area (Å²) in [6.07, 6.45) is 11.0. The zero-order valence-corrected chi connectivity index (χ0v) is 38.2. The van der Waals surface area contributed by atoms with Gasteiger partial charge in [0.2, 0.25) is 0 Å². The quantitative estimate of drug-likeness (QED) is 0.280. The summed E-state index contributed by atoms with van der Waals surface area (Å²) in [7, 11) is 0. The lowest BCUT2D eigenvalue weighted by molar-refractivity contribution is -0.114. The first kappa shape index (κ1) is 42.1. The van der Waals surface area contributed by atoms with Crippen molar-refractivity contribution in [3.8, 4) is 11.1 Å². The van der Waals surface area contributed by atoms with Crippen LogP contribution >= 0.6 is 63.7 Å². The smallest absolute Gasteiger partial charge is 0.186 e. The van der Waals surface area contributed by atoms with E-state index >= 15 is 0 Å². The summed E-state index contributed by atoms with van der Waals surface area (Å²) in [6, 6.07) is 7.96. The molecule has 0 atom stereocenters. The van der Waals surface area contributed by atoms with Crippen LogP contribution in [0.4, 0.5) is 11.4 Å². The highest BCUT2D eigenvalue weighted by atomic mass is 79.9. The van der Waals surface area contributed by atoms with E-state index in [9.17, 15) is 9.59 Å². The Morgan fingerprint density at radius 1 is 0.442 bits per heavy atom. The number of benzene rings is 2. The number of halogens is 4. The number of ketones is 2. The van der Waals surface area contributed by atoms with E-state index in [1.165, 1.54) is 0 Å². The SMILES string of the molecule is CC(C)(C)C1=CC(=CN=Nc2c(Br)cc(-c3cc(Br)c(N=NC=C4C=C(C(C)(C)C)C(=O)C(C(C)(C)C)=C4)c(Br)c3)cc2Br)C=C(C(C)(C)C)C1=O. The van der Waals surface area contributed by atoms with Gasteiger partial charge in [-0.25, -0.2) is 0 Å². The van der Waals surface area contributed by atoms with Crippen LogP contribution in [0, 0.1) is 21.7 Å². The van der Waals surface area contributed by atoms with Gasteiger partial charge in [0, 0.05) is 40.2 Å². The molecule has 0 saturated heterocycles. The third kappa shape index (κ3) is 9.90. The van der Waals surface area contributed by atoms with Gasteiger partial charge in [-0.2, -0.15) is 10.2 Å². The molecule has 2 aliphatic rings. The highest BCUT2D eigenvalue weighted by Crippen LogP contribution is 2.44. The second-order valence-electron chi connectivity index (χ2n) is 17.2. The number of carbonyl (C=O) groups excluding carboxylic acids is 2. The van der Waals surface area contributed by atoms with Gasteiger partial charge in [-0.1, -0.05) is 83.1 Å². The summed E-state index contributed by atoms with van der Waals surface area (Å²) in [5.74, 6) is 0.165. The van der Waals surface area contributed by atoms with E-state index in [-0.39, 0.29) is 33.2 Å². The minimum Gasteiger partial charge on any atom is -0.289 e. The number of Topliss-reactive ketones (excluding diaryl/α,β-unsaturated/α-hetero) is 2. The van der Waals surface area contributed by atoms with Crippen molar-refractivity contribution >= 4 is 86.7 Å². The molecule has 0 spiro atoms. The largest absolute Gasteiger partial charge is 0.289 e. The fourth-order valence-electron chi connectivity index (χ4n) is 5.64. The van der Waals surface area contributed by atoms with Gasteiger partial charge in [-0.05, 0) is 156 Å². The molecule has 2 aromatic rings. The zero-order valence-electron chi connectivity index (χ0n) is 31.9. The molecular formula is C42H46Br4N4O2. The van der Waals surface area contributed by atoms with Gasteiger partial charge >= 0.3 is 0 Å². The number of hydrogen-bond acceptors (Lipinski definition) is 6. The Hall–Kier alpha value is -2.66. The molecular weight excluding hydrogens is 912 g/mol. The minimum atomic E-state index is -0.303. The molecule has 0 heterocycles. The molecule has 2 aliphatic carbocycles. The molecule has 0 unspecified atom stereocenters. The number of rotatable bonds is 5. The van der Waals surface area contributed by atoms with Crippen molar-refractivity contribution in [3.05, 3.63) is 112 Å². The maximum atomic E-state index is 13.3. The van der Waals surface area contributed by atoms with E-state index in [4.69, 9.17) is 0 Å². The standard InChI is InChI=1S/C42H46Br4N4O2/c1-39(2,3)27-13-23(14-28(37(27)51)40(4,5)6)21-47-49-35-31(43)17-25(18-32(35)44)26-19-33(45)36(34(46)20-26)50-48-22-24-15-29(41(7,8)9)38(52)30(16-24)42(10,11)12/h13-22H,1-12H3. The van der Waals surface area contributed by atoms with E-state index < -0.39 is 0 Å². The van der Waals surface area contributed by atoms with Gasteiger partial charge in [0.1, 0.15) is 11.4 Å².